The summed E-state index contributed by atoms with van der Waals surface area (Å²) in [5.74, 6) is -3.16. The van der Waals surface area contributed by atoms with Crippen LogP contribution < -0.4 is 11.1 Å². The highest BCUT2D eigenvalue weighted by Crippen LogP contribution is 2.55. The van der Waals surface area contributed by atoms with Gasteiger partial charge in [0.2, 0.25) is 11.8 Å². The number of hydrogen-bond acceptors (Lipinski definition) is 15. The standard InChI is InChI=1S/C19H19N7O8S3/c1-32-14(29)3-11-24-25-18(34-11)36-6-8-15(16(30)31)26-12(28)4-13(26)37-19(8,9-7-35-17(20)22-9)23-10(27)5-21-33-2/h5,7,13H,3-4,6H2,1-2H3,(H2,20,22)(H,23,27)(H,30,31)/t13-,19?/m0/s1. The summed E-state index contributed by atoms with van der Waals surface area (Å²) in [6.45, 7) is 0. The van der Waals surface area contributed by atoms with Crippen molar-refractivity contribution in [2.45, 2.75) is 28.3 Å². The number of nitrogens with one attached hydrogen (secondary N) is 1. The van der Waals surface area contributed by atoms with Crippen molar-refractivity contribution >= 4 is 70.0 Å². The first kappa shape index (κ1) is 26.4. The number of carboxylic acids is 1. The molecule has 2 aliphatic heterocycles. The molecular weight excluding hydrogens is 550 g/mol. The number of carbonyl (C=O) groups excluding carboxylic acids is 3. The molecule has 15 nitrogen and oxygen atoms in total. The van der Waals surface area contributed by atoms with E-state index in [1.165, 1.54) is 19.1 Å². The fraction of sp³-hybridized carbons (Fsp3) is 0.368. The van der Waals surface area contributed by atoms with Crippen LogP contribution in [-0.4, -0.2) is 80.5 Å². The normalized spacial score (nSPS) is 21.0. The summed E-state index contributed by atoms with van der Waals surface area (Å²) < 4.78 is 10.0. The van der Waals surface area contributed by atoms with E-state index in [9.17, 15) is 24.3 Å². The summed E-state index contributed by atoms with van der Waals surface area (Å²) in [6.07, 6.45) is 0.703. The van der Waals surface area contributed by atoms with Crippen LogP contribution in [0.15, 0.2) is 31.4 Å². The molecule has 0 radical (unpaired) electrons. The number of ether oxygens (including phenoxy) is 1. The number of aromatic nitrogens is 3. The Balaban J connectivity index is 1.78. The summed E-state index contributed by atoms with van der Waals surface area (Å²) in [7, 11) is 2.48. The molecule has 0 spiro atoms. The van der Waals surface area contributed by atoms with Gasteiger partial charge in [-0.1, -0.05) is 28.7 Å². The van der Waals surface area contributed by atoms with Crippen molar-refractivity contribution in [1.82, 2.24) is 25.4 Å². The van der Waals surface area contributed by atoms with Gasteiger partial charge in [-0.05, 0) is 0 Å². The molecule has 1 unspecified atom stereocenters. The molecule has 4 rings (SSSR count). The van der Waals surface area contributed by atoms with Crippen molar-refractivity contribution in [2.75, 3.05) is 25.7 Å². The lowest BCUT2D eigenvalue weighted by Crippen LogP contribution is -2.61. The molecule has 0 aliphatic carbocycles. The van der Waals surface area contributed by atoms with Crippen LogP contribution in [0.5, 0.6) is 0 Å². The number of hydrogen-bond donors (Lipinski definition) is 3. The first-order valence-corrected chi connectivity index (χ1v) is 13.0. The van der Waals surface area contributed by atoms with Crippen LogP contribution in [0.2, 0.25) is 0 Å². The lowest BCUT2D eigenvalue weighted by Gasteiger charge is -2.51. The van der Waals surface area contributed by atoms with E-state index < -0.39 is 28.1 Å². The number of anilines is 1. The van der Waals surface area contributed by atoms with Crippen LogP contribution in [0, 0.1) is 0 Å². The number of aliphatic carboxylic acids is 1. The van der Waals surface area contributed by atoms with Crippen LogP contribution in [-0.2, 0) is 40.0 Å². The summed E-state index contributed by atoms with van der Waals surface area (Å²) >= 11 is 3.19. The van der Waals surface area contributed by atoms with Crippen molar-refractivity contribution in [3.63, 3.8) is 0 Å². The van der Waals surface area contributed by atoms with E-state index in [4.69, 9.17) is 10.2 Å². The van der Waals surface area contributed by atoms with Crippen LogP contribution in [0.4, 0.5) is 5.13 Å². The Hall–Kier alpha value is -3.64. The van der Waals surface area contributed by atoms with E-state index in [-0.39, 0.29) is 57.7 Å². The van der Waals surface area contributed by atoms with Crippen molar-refractivity contribution in [2.24, 2.45) is 5.16 Å². The van der Waals surface area contributed by atoms with Gasteiger partial charge in [-0.15, -0.1) is 21.5 Å². The predicted molar refractivity (Wildman–Crippen MR) is 130 cm³/mol. The third-order valence-electron chi connectivity index (χ3n) is 5.14. The Labute approximate surface area is 220 Å². The number of thioether (sulfide) groups is 2. The van der Waals surface area contributed by atoms with E-state index in [0.29, 0.717) is 0 Å². The minimum atomic E-state index is -1.54. The molecule has 0 bridgehead atoms. The lowest BCUT2D eigenvalue weighted by molar-refractivity contribution is -0.146. The highest BCUT2D eigenvalue weighted by atomic mass is 32.2. The SMILES string of the molecule is CON=CC(=O)NC1(c2csc(N)n2)S[C@H]2CC(=O)N2C(C(=O)O)=C1CSc1nnc(CC(=O)OC)o1. The first-order valence-electron chi connectivity index (χ1n) is 10.3. The summed E-state index contributed by atoms with van der Waals surface area (Å²) in [5, 5.41) is 25.3. The van der Waals surface area contributed by atoms with Gasteiger partial charge in [0.25, 0.3) is 11.1 Å². The quantitative estimate of drug-likeness (QED) is 0.114. The van der Waals surface area contributed by atoms with Gasteiger partial charge in [-0.25, -0.2) is 9.78 Å². The highest BCUT2D eigenvalue weighted by Gasteiger charge is 2.57. The molecule has 4 N–H and O–H groups in total. The largest absolute Gasteiger partial charge is 0.477 e. The van der Waals surface area contributed by atoms with Gasteiger partial charge >= 0.3 is 11.9 Å². The maximum Gasteiger partial charge on any atom is 0.352 e. The monoisotopic (exact) mass is 569 g/mol. The Morgan fingerprint density at radius 1 is 1.43 bits per heavy atom. The van der Waals surface area contributed by atoms with Gasteiger partial charge in [0.1, 0.15) is 25.4 Å². The average Bonchev–Trinajstić information content (AvgIpc) is 3.49. The van der Waals surface area contributed by atoms with Crippen molar-refractivity contribution < 1.29 is 38.3 Å². The lowest BCUT2D eigenvalue weighted by atomic mass is 9.98. The number of nitrogens with two attached hydrogens (primary N) is 1. The number of β-lactam (4-membered cyclic amide) rings is 1. The molecule has 0 aromatic carbocycles. The first-order chi connectivity index (χ1) is 17.7. The fourth-order valence-corrected chi connectivity index (χ4v) is 6.89. The Morgan fingerprint density at radius 2 is 2.22 bits per heavy atom. The zero-order chi connectivity index (χ0) is 26.7. The fourth-order valence-electron chi connectivity index (χ4n) is 3.58. The average molecular weight is 570 g/mol. The second-order valence-electron chi connectivity index (χ2n) is 7.33. The second kappa shape index (κ2) is 10.8. The maximum absolute atomic E-state index is 12.8. The number of carboxylic acid groups (broad SMARTS) is 1. The van der Waals surface area contributed by atoms with Crippen LogP contribution in [0.25, 0.3) is 0 Å². The molecular formula is C19H19N7O8S3. The number of esters is 1. The molecule has 2 atom stereocenters. The number of thiazole rings is 1. The minimum Gasteiger partial charge on any atom is -0.477 e. The smallest absolute Gasteiger partial charge is 0.352 e. The van der Waals surface area contributed by atoms with Gasteiger partial charge in [0.05, 0.1) is 24.6 Å². The number of nitrogen functional groups attached to an aromatic ring is 1. The number of fused-ring (bicyclic) bond motifs is 1. The van der Waals surface area contributed by atoms with Gasteiger partial charge in [-0.2, -0.15) is 0 Å². The Morgan fingerprint density at radius 3 is 2.84 bits per heavy atom. The van der Waals surface area contributed by atoms with E-state index in [1.54, 1.807) is 5.38 Å². The van der Waals surface area contributed by atoms with Gasteiger partial charge < -0.3 is 30.1 Å². The van der Waals surface area contributed by atoms with Crippen molar-refractivity contribution in [3.8, 4) is 0 Å². The maximum atomic E-state index is 12.8. The minimum absolute atomic E-state index is 0.000379. The molecule has 2 aromatic heterocycles. The third kappa shape index (κ3) is 5.25. The zero-order valence-electron chi connectivity index (χ0n) is 19.2. The Bertz CT molecular complexity index is 1310. The second-order valence-corrected chi connectivity index (χ2v) is 10.5. The summed E-state index contributed by atoms with van der Waals surface area (Å²) in [5.41, 5.74) is 5.96. The van der Waals surface area contributed by atoms with E-state index in [2.05, 4.69) is 35.2 Å². The molecule has 1 saturated heterocycles. The zero-order valence-corrected chi connectivity index (χ0v) is 21.6. The number of methoxy groups -OCH3 is 1. The predicted octanol–water partition coefficient (Wildman–Crippen LogP) is 0.161. The molecule has 1 fully saturated rings. The van der Waals surface area contributed by atoms with Gasteiger partial charge in [0, 0.05) is 16.7 Å². The molecule has 4 heterocycles. The molecule has 0 saturated carbocycles. The van der Waals surface area contributed by atoms with Gasteiger partial charge in [-0.3, -0.25) is 19.3 Å². The Kier molecular flexibility index (Phi) is 7.69. The molecule has 2 aromatic rings. The van der Waals surface area contributed by atoms with Crippen molar-refractivity contribution in [1.29, 1.82) is 0 Å². The van der Waals surface area contributed by atoms with Crippen LogP contribution in [0.1, 0.15) is 18.0 Å². The third-order valence-corrected chi connectivity index (χ3v) is 8.22. The number of carbonyl (C=O) groups is 4. The molecule has 37 heavy (non-hydrogen) atoms. The molecule has 18 heteroatoms. The number of rotatable bonds is 10. The molecule has 2 amide bonds. The number of oxime groups is 1. The number of nitrogens with zero attached hydrogens (tertiary/aromatic N) is 5. The molecule has 2 aliphatic rings. The van der Waals surface area contributed by atoms with E-state index >= 15 is 0 Å². The van der Waals surface area contributed by atoms with Crippen molar-refractivity contribution in [3.05, 3.63) is 28.2 Å². The highest BCUT2D eigenvalue weighted by molar-refractivity contribution is 8.01. The summed E-state index contributed by atoms with van der Waals surface area (Å²) in [6, 6.07) is 0. The van der Waals surface area contributed by atoms with Gasteiger partial charge in [0.15, 0.2) is 10.0 Å². The van der Waals surface area contributed by atoms with E-state index in [1.807, 2.05) is 0 Å². The summed E-state index contributed by atoms with van der Waals surface area (Å²) in [4.78, 5) is 57.7. The number of amides is 2. The molecule has 196 valence electrons. The van der Waals surface area contributed by atoms with E-state index in [0.717, 1.165) is 41.1 Å². The topological polar surface area (TPSA) is 212 Å². The van der Waals surface area contributed by atoms with Crippen LogP contribution in [0.3, 0.4) is 0 Å². The van der Waals surface area contributed by atoms with Crippen LogP contribution >= 0.6 is 34.9 Å².